The molecule has 4 heteroatoms. The molecular weight excluding hydrogens is 250 g/mol. The molecule has 1 aromatic rings. The van der Waals surface area contributed by atoms with Crippen LogP contribution in [-0.4, -0.2) is 26.9 Å². The first kappa shape index (κ1) is 15.3. The minimum atomic E-state index is 0.676. The monoisotopic (exact) mass is 271 g/mol. The van der Waals surface area contributed by atoms with Gasteiger partial charge in [0.15, 0.2) is 0 Å². The molecule has 3 nitrogen and oxygen atoms in total. The van der Waals surface area contributed by atoms with Gasteiger partial charge in [-0.2, -0.15) is 0 Å². The third-order valence-corrected chi connectivity index (χ3v) is 2.87. The number of ether oxygens (including phenoxy) is 2. The number of halogens is 1. The van der Waals surface area contributed by atoms with Crippen molar-refractivity contribution in [2.45, 2.75) is 26.3 Å². The third-order valence-electron chi connectivity index (χ3n) is 2.58. The van der Waals surface area contributed by atoms with Crippen LogP contribution in [0.1, 0.15) is 25.3 Å². The van der Waals surface area contributed by atoms with Gasteiger partial charge >= 0.3 is 0 Å². The maximum absolute atomic E-state index is 6.17. The van der Waals surface area contributed by atoms with Crippen molar-refractivity contribution in [1.29, 1.82) is 0 Å². The van der Waals surface area contributed by atoms with Crippen molar-refractivity contribution in [3.63, 3.8) is 0 Å². The first-order valence-corrected chi connectivity index (χ1v) is 6.76. The maximum Gasteiger partial charge on any atom is 0.137 e. The summed E-state index contributed by atoms with van der Waals surface area (Å²) in [5.74, 6) is 0.759. The van der Waals surface area contributed by atoms with E-state index >= 15 is 0 Å². The first-order chi connectivity index (χ1) is 8.77. The van der Waals surface area contributed by atoms with E-state index in [-0.39, 0.29) is 0 Å². The van der Waals surface area contributed by atoms with E-state index in [9.17, 15) is 0 Å². The van der Waals surface area contributed by atoms with E-state index in [1.165, 1.54) is 5.56 Å². The Morgan fingerprint density at radius 3 is 2.67 bits per heavy atom. The van der Waals surface area contributed by atoms with E-state index in [4.69, 9.17) is 21.1 Å². The highest BCUT2D eigenvalue weighted by Crippen LogP contribution is 2.25. The summed E-state index contributed by atoms with van der Waals surface area (Å²) in [5.41, 5.74) is 1.17. The number of methoxy groups -OCH3 is 1. The number of hydrogen-bond donors (Lipinski definition) is 1. The van der Waals surface area contributed by atoms with Gasteiger partial charge in [-0.1, -0.05) is 24.6 Å². The van der Waals surface area contributed by atoms with Gasteiger partial charge in [0.25, 0.3) is 0 Å². The van der Waals surface area contributed by atoms with E-state index < -0.39 is 0 Å². The molecule has 0 heterocycles. The molecule has 1 N–H and O–H groups in total. The predicted octanol–water partition coefficient (Wildman–Crippen LogP) is 3.25. The van der Waals surface area contributed by atoms with Gasteiger partial charge in [-0.05, 0) is 37.1 Å². The summed E-state index contributed by atoms with van der Waals surface area (Å²) in [7, 11) is 1.71. The molecule has 0 aliphatic carbocycles. The quantitative estimate of drug-likeness (QED) is 0.700. The molecular formula is C14H22ClNO2. The Hall–Kier alpha value is -0.770. The van der Waals surface area contributed by atoms with Crippen molar-refractivity contribution < 1.29 is 9.47 Å². The summed E-state index contributed by atoms with van der Waals surface area (Å²) in [6.07, 6.45) is 1.98. The molecule has 0 unspecified atom stereocenters. The van der Waals surface area contributed by atoms with E-state index in [1.807, 2.05) is 18.2 Å². The second kappa shape index (κ2) is 9.20. The minimum Gasteiger partial charge on any atom is -0.492 e. The van der Waals surface area contributed by atoms with Crippen LogP contribution in [0.3, 0.4) is 0 Å². The number of nitrogens with one attached hydrogen (secondary N) is 1. The van der Waals surface area contributed by atoms with Gasteiger partial charge in [0.05, 0.1) is 11.6 Å². The molecule has 0 aliphatic rings. The molecule has 0 spiro atoms. The molecule has 1 aromatic carbocycles. The lowest BCUT2D eigenvalue weighted by atomic mass is 10.2. The fourth-order valence-corrected chi connectivity index (χ4v) is 1.83. The average Bonchev–Trinajstić information content (AvgIpc) is 2.38. The smallest absolute Gasteiger partial charge is 0.137 e. The number of benzene rings is 1. The van der Waals surface area contributed by atoms with Crippen LogP contribution in [0.2, 0.25) is 5.02 Å². The Morgan fingerprint density at radius 1 is 1.22 bits per heavy atom. The number of rotatable bonds is 9. The molecule has 0 fully saturated rings. The van der Waals surface area contributed by atoms with Crippen molar-refractivity contribution in [2.24, 2.45) is 0 Å². The summed E-state index contributed by atoms with van der Waals surface area (Å²) in [6, 6.07) is 5.93. The molecule has 102 valence electrons. The van der Waals surface area contributed by atoms with Crippen LogP contribution in [0, 0.1) is 0 Å². The summed E-state index contributed by atoms with van der Waals surface area (Å²) in [5, 5.41) is 3.94. The van der Waals surface area contributed by atoms with Crippen LogP contribution in [0.25, 0.3) is 0 Å². The van der Waals surface area contributed by atoms with Gasteiger partial charge in [0.2, 0.25) is 0 Å². The first-order valence-electron chi connectivity index (χ1n) is 6.38. The van der Waals surface area contributed by atoms with Crippen molar-refractivity contribution >= 4 is 11.6 Å². The maximum atomic E-state index is 6.17. The highest BCUT2D eigenvalue weighted by atomic mass is 35.5. The lowest BCUT2D eigenvalue weighted by Crippen LogP contribution is -2.11. The van der Waals surface area contributed by atoms with Gasteiger partial charge in [0.1, 0.15) is 5.75 Å². The molecule has 0 radical (unpaired) electrons. The summed E-state index contributed by atoms with van der Waals surface area (Å²) < 4.78 is 10.6. The Balaban J connectivity index is 2.37. The summed E-state index contributed by atoms with van der Waals surface area (Å²) in [4.78, 5) is 0. The Kier molecular flexibility index (Phi) is 7.81. The fourth-order valence-electron chi connectivity index (χ4n) is 1.57. The number of hydrogen-bond acceptors (Lipinski definition) is 3. The predicted molar refractivity (Wildman–Crippen MR) is 75.4 cm³/mol. The minimum absolute atomic E-state index is 0.676. The molecule has 0 bridgehead atoms. The van der Waals surface area contributed by atoms with E-state index in [0.29, 0.717) is 11.6 Å². The zero-order valence-corrected chi connectivity index (χ0v) is 11.9. The lowest BCUT2D eigenvalue weighted by molar-refractivity contribution is 0.184. The van der Waals surface area contributed by atoms with Crippen LogP contribution < -0.4 is 10.1 Å². The fraction of sp³-hybridized carbons (Fsp3) is 0.571. The molecule has 0 aromatic heterocycles. The van der Waals surface area contributed by atoms with Crippen molar-refractivity contribution in [2.75, 3.05) is 26.9 Å². The van der Waals surface area contributed by atoms with Gasteiger partial charge in [-0.15, -0.1) is 0 Å². The van der Waals surface area contributed by atoms with Crippen molar-refractivity contribution in [1.82, 2.24) is 5.32 Å². The van der Waals surface area contributed by atoms with Crippen molar-refractivity contribution in [3.8, 4) is 5.75 Å². The van der Waals surface area contributed by atoms with Crippen molar-refractivity contribution in [3.05, 3.63) is 28.8 Å². The van der Waals surface area contributed by atoms with Gasteiger partial charge < -0.3 is 14.8 Å². The standard InChI is InChI=1S/C14H22ClNO2/c1-3-16-11-12-6-7-14(13(15)10-12)18-9-5-4-8-17-2/h6-7,10,16H,3-5,8-9,11H2,1-2H3. The molecule has 0 saturated carbocycles. The average molecular weight is 272 g/mol. The van der Waals surface area contributed by atoms with E-state index in [1.54, 1.807) is 7.11 Å². The largest absolute Gasteiger partial charge is 0.492 e. The normalized spacial score (nSPS) is 10.6. The van der Waals surface area contributed by atoms with Crippen LogP contribution in [0.5, 0.6) is 5.75 Å². The second-order valence-electron chi connectivity index (χ2n) is 4.09. The van der Waals surface area contributed by atoms with Gasteiger partial charge in [0, 0.05) is 20.3 Å². The summed E-state index contributed by atoms with van der Waals surface area (Å²) >= 11 is 6.17. The van der Waals surface area contributed by atoms with Crippen LogP contribution >= 0.6 is 11.6 Å². The lowest BCUT2D eigenvalue weighted by Gasteiger charge is -2.09. The highest BCUT2D eigenvalue weighted by molar-refractivity contribution is 6.32. The molecule has 0 aliphatic heterocycles. The Labute approximate surface area is 114 Å². The van der Waals surface area contributed by atoms with Crippen LogP contribution in [0.15, 0.2) is 18.2 Å². The second-order valence-corrected chi connectivity index (χ2v) is 4.50. The summed E-state index contributed by atoms with van der Waals surface area (Å²) in [6.45, 7) is 5.33. The van der Waals surface area contributed by atoms with E-state index in [0.717, 1.165) is 38.3 Å². The molecule has 0 atom stereocenters. The third kappa shape index (κ3) is 5.71. The molecule has 0 amide bonds. The molecule has 1 rings (SSSR count). The van der Waals surface area contributed by atoms with Gasteiger partial charge in [-0.3, -0.25) is 0 Å². The molecule has 0 saturated heterocycles. The Morgan fingerprint density at radius 2 is 2.00 bits per heavy atom. The Bertz CT molecular complexity index is 345. The topological polar surface area (TPSA) is 30.5 Å². The highest BCUT2D eigenvalue weighted by Gasteiger charge is 2.02. The zero-order chi connectivity index (χ0) is 13.2. The molecule has 18 heavy (non-hydrogen) atoms. The zero-order valence-electron chi connectivity index (χ0n) is 11.2. The van der Waals surface area contributed by atoms with Gasteiger partial charge in [-0.25, -0.2) is 0 Å². The van der Waals surface area contributed by atoms with Crippen LogP contribution in [0.4, 0.5) is 0 Å². The number of unbranched alkanes of at least 4 members (excludes halogenated alkanes) is 1. The SMILES string of the molecule is CCNCc1ccc(OCCCCOC)c(Cl)c1. The van der Waals surface area contributed by atoms with Crippen LogP contribution in [-0.2, 0) is 11.3 Å². The van der Waals surface area contributed by atoms with E-state index in [2.05, 4.69) is 12.2 Å².